The van der Waals surface area contributed by atoms with Crippen LogP contribution in [0.5, 0.6) is 0 Å². The Kier molecular flexibility index (Phi) is 7.82. The summed E-state index contributed by atoms with van der Waals surface area (Å²) in [5.74, 6) is 0.595. The third-order valence-electron chi connectivity index (χ3n) is 3.56. The zero-order valence-corrected chi connectivity index (χ0v) is 13.9. The number of hydrogen-bond donors (Lipinski definition) is 2. The molecule has 0 fully saturated rings. The van der Waals surface area contributed by atoms with Gasteiger partial charge in [-0.1, -0.05) is 38.1 Å². The molecule has 4 nitrogen and oxygen atoms in total. The number of carbonyl (C=O) groups excluding carboxylic acids is 2. The summed E-state index contributed by atoms with van der Waals surface area (Å²) >= 11 is 0. The van der Waals surface area contributed by atoms with E-state index in [1.54, 1.807) is 0 Å². The molecule has 0 saturated heterocycles. The van der Waals surface area contributed by atoms with Crippen LogP contribution in [0.3, 0.4) is 0 Å². The number of benzene rings is 1. The van der Waals surface area contributed by atoms with Crippen molar-refractivity contribution in [3.8, 4) is 0 Å². The fourth-order valence-corrected chi connectivity index (χ4v) is 2.36. The van der Waals surface area contributed by atoms with Gasteiger partial charge in [0.05, 0.1) is 12.5 Å². The van der Waals surface area contributed by atoms with E-state index in [2.05, 4.69) is 19.2 Å². The molecule has 0 heterocycles. The standard InChI is InChI=1S/C18H28N2O2/c1-4-20-18(22)12-15-7-5-14(6-8-15)9-10-17(21)16(19)11-13(2)3/h5-8,13,16H,4,9-12,19H2,1-3H3,(H,20,22). The summed E-state index contributed by atoms with van der Waals surface area (Å²) in [5.41, 5.74) is 7.98. The molecule has 0 radical (unpaired) electrons. The fraction of sp³-hybridized carbons (Fsp3) is 0.556. The monoisotopic (exact) mass is 304 g/mol. The Morgan fingerprint density at radius 1 is 1.14 bits per heavy atom. The Balaban J connectivity index is 2.44. The van der Waals surface area contributed by atoms with Gasteiger partial charge in [0.25, 0.3) is 0 Å². The summed E-state index contributed by atoms with van der Waals surface area (Å²) in [5, 5.41) is 2.78. The van der Waals surface area contributed by atoms with Crippen LogP contribution in [0.25, 0.3) is 0 Å². The van der Waals surface area contributed by atoms with Crippen LogP contribution < -0.4 is 11.1 Å². The molecule has 0 aromatic heterocycles. The average molecular weight is 304 g/mol. The first-order chi connectivity index (χ1) is 10.4. The maximum atomic E-state index is 12.0. The average Bonchev–Trinajstić information content (AvgIpc) is 2.45. The Morgan fingerprint density at radius 2 is 1.73 bits per heavy atom. The first-order valence-electron chi connectivity index (χ1n) is 8.05. The molecule has 22 heavy (non-hydrogen) atoms. The van der Waals surface area contributed by atoms with Crippen LogP contribution in [0.15, 0.2) is 24.3 Å². The maximum absolute atomic E-state index is 12.0. The third kappa shape index (κ3) is 6.85. The first kappa shape index (κ1) is 18.4. The lowest BCUT2D eigenvalue weighted by Crippen LogP contribution is -2.32. The minimum Gasteiger partial charge on any atom is -0.356 e. The minimum atomic E-state index is -0.350. The molecule has 0 bridgehead atoms. The molecular formula is C18H28N2O2. The summed E-state index contributed by atoms with van der Waals surface area (Å²) < 4.78 is 0. The summed E-state index contributed by atoms with van der Waals surface area (Å²) in [6.45, 7) is 6.69. The molecule has 0 saturated carbocycles. The Morgan fingerprint density at radius 3 is 2.27 bits per heavy atom. The summed E-state index contributed by atoms with van der Waals surface area (Å²) in [4.78, 5) is 23.5. The Hall–Kier alpha value is -1.68. The molecule has 0 aliphatic heterocycles. The van der Waals surface area contributed by atoms with Crippen molar-refractivity contribution in [1.82, 2.24) is 5.32 Å². The predicted octanol–water partition coefficient (Wildman–Crippen LogP) is 2.24. The molecule has 0 aliphatic carbocycles. The van der Waals surface area contributed by atoms with E-state index in [-0.39, 0.29) is 17.7 Å². The van der Waals surface area contributed by atoms with Crippen LogP contribution in [0.2, 0.25) is 0 Å². The van der Waals surface area contributed by atoms with Gasteiger partial charge in [-0.05, 0) is 36.8 Å². The molecule has 3 N–H and O–H groups in total. The van der Waals surface area contributed by atoms with Crippen molar-refractivity contribution in [2.75, 3.05) is 6.54 Å². The molecule has 4 heteroatoms. The lowest BCUT2D eigenvalue weighted by atomic mass is 9.97. The predicted molar refractivity (Wildman–Crippen MR) is 89.6 cm³/mol. The number of nitrogens with two attached hydrogens (primary N) is 1. The quantitative estimate of drug-likeness (QED) is 0.735. The van der Waals surface area contributed by atoms with E-state index in [0.717, 1.165) is 17.5 Å². The zero-order chi connectivity index (χ0) is 16.5. The number of carbonyl (C=O) groups is 2. The molecule has 0 spiro atoms. The van der Waals surface area contributed by atoms with E-state index in [9.17, 15) is 9.59 Å². The summed E-state index contributed by atoms with van der Waals surface area (Å²) in [7, 11) is 0. The summed E-state index contributed by atoms with van der Waals surface area (Å²) in [6.07, 6.45) is 2.31. The Bertz CT molecular complexity index is 480. The van der Waals surface area contributed by atoms with Crippen LogP contribution in [0, 0.1) is 5.92 Å². The van der Waals surface area contributed by atoms with E-state index in [1.807, 2.05) is 31.2 Å². The van der Waals surface area contributed by atoms with Gasteiger partial charge >= 0.3 is 0 Å². The number of nitrogens with one attached hydrogen (secondary N) is 1. The Labute approximate surface area is 133 Å². The van der Waals surface area contributed by atoms with E-state index in [1.165, 1.54) is 0 Å². The lowest BCUT2D eigenvalue weighted by molar-refractivity contribution is -0.121. The minimum absolute atomic E-state index is 0.0325. The van der Waals surface area contributed by atoms with E-state index in [0.29, 0.717) is 31.7 Å². The highest BCUT2D eigenvalue weighted by Gasteiger charge is 2.14. The van der Waals surface area contributed by atoms with Gasteiger partial charge in [-0.15, -0.1) is 0 Å². The van der Waals surface area contributed by atoms with Gasteiger partial charge in [-0.3, -0.25) is 9.59 Å². The number of hydrogen-bond acceptors (Lipinski definition) is 3. The molecule has 1 atom stereocenters. The molecule has 0 aliphatic rings. The van der Waals surface area contributed by atoms with E-state index in [4.69, 9.17) is 5.73 Å². The molecule has 1 amide bonds. The zero-order valence-electron chi connectivity index (χ0n) is 13.9. The van der Waals surface area contributed by atoms with E-state index >= 15 is 0 Å². The molecule has 1 aromatic rings. The second-order valence-corrected chi connectivity index (χ2v) is 6.15. The molecular weight excluding hydrogens is 276 g/mol. The van der Waals surface area contributed by atoms with Crippen LogP contribution >= 0.6 is 0 Å². The van der Waals surface area contributed by atoms with Crippen molar-refractivity contribution >= 4 is 11.7 Å². The molecule has 1 unspecified atom stereocenters. The molecule has 1 rings (SSSR count). The highest BCUT2D eigenvalue weighted by Crippen LogP contribution is 2.10. The van der Waals surface area contributed by atoms with Crippen molar-refractivity contribution in [3.05, 3.63) is 35.4 Å². The van der Waals surface area contributed by atoms with Gasteiger partial charge in [0.1, 0.15) is 5.78 Å². The van der Waals surface area contributed by atoms with Crippen LogP contribution in [-0.4, -0.2) is 24.3 Å². The van der Waals surface area contributed by atoms with Crippen molar-refractivity contribution < 1.29 is 9.59 Å². The number of amides is 1. The third-order valence-corrected chi connectivity index (χ3v) is 3.56. The van der Waals surface area contributed by atoms with Crippen LogP contribution in [-0.2, 0) is 22.4 Å². The lowest BCUT2D eigenvalue weighted by Gasteiger charge is -2.12. The number of ketones is 1. The van der Waals surface area contributed by atoms with Crippen LogP contribution in [0.4, 0.5) is 0 Å². The number of rotatable bonds is 9. The normalized spacial score (nSPS) is 12.2. The highest BCUT2D eigenvalue weighted by molar-refractivity contribution is 5.84. The number of aryl methyl sites for hydroxylation is 1. The second kappa shape index (κ2) is 9.36. The largest absolute Gasteiger partial charge is 0.356 e. The van der Waals surface area contributed by atoms with Gasteiger partial charge < -0.3 is 11.1 Å². The number of Topliss-reactive ketones (excluding diaryl/α,β-unsaturated/α-hetero) is 1. The first-order valence-corrected chi connectivity index (χ1v) is 8.05. The molecule has 122 valence electrons. The van der Waals surface area contributed by atoms with Crippen molar-refractivity contribution in [1.29, 1.82) is 0 Å². The SMILES string of the molecule is CCNC(=O)Cc1ccc(CCC(=O)C(N)CC(C)C)cc1. The number of likely N-dealkylation sites (N-methyl/N-ethyl adjacent to an activating group) is 1. The van der Waals surface area contributed by atoms with Crippen LogP contribution in [0.1, 0.15) is 44.7 Å². The fourth-order valence-electron chi connectivity index (χ4n) is 2.36. The molecule has 1 aromatic carbocycles. The maximum Gasteiger partial charge on any atom is 0.224 e. The second-order valence-electron chi connectivity index (χ2n) is 6.15. The highest BCUT2D eigenvalue weighted by atomic mass is 16.1. The van der Waals surface area contributed by atoms with Crippen molar-refractivity contribution in [2.45, 2.75) is 52.5 Å². The van der Waals surface area contributed by atoms with E-state index < -0.39 is 0 Å². The van der Waals surface area contributed by atoms with Gasteiger partial charge in [0.15, 0.2) is 0 Å². The smallest absolute Gasteiger partial charge is 0.224 e. The van der Waals surface area contributed by atoms with Gasteiger partial charge in [-0.25, -0.2) is 0 Å². The topological polar surface area (TPSA) is 72.2 Å². The van der Waals surface area contributed by atoms with Crippen molar-refractivity contribution in [3.63, 3.8) is 0 Å². The van der Waals surface area contributed by atoms with Gasteiger partial charge in [0, 0.05) is 13.0 Å². The van der Waals surface area contributed by atoms with Gasteiger partial charge in [-0.2, -0.15) is 0 Å². The van der Waals surface area contributed by atoms with Gasteiger partial charge in [0.2, 0.25) is 5.91 Å². The van der Waals surface area contributed by atoms with Crippen molar-refractivity contribution in [2.24, 2.45) is 11.7 Å². The summed E-state index contributed by atoms with van der Waals surface area (Å²) in [6, 6.07) is 7.51.